The minimum atomic E-state index is -0.785. The molecule has 9 heteroatoms. The van der Waals surface area contributed by atoms with Crippen LogP contribution in [0.2, 0.25) is 0 Å². The fourth-order valence-electron chi connectivity index (χ4n) is 4.06. The van der Waals surface area contributed by atoms with E-state index in [2.05, 4.69) is 47.2 Å². The van der Waals surface area contributed by atoms with Gasteiger partial charge in [0.2, 0.25) is 17.7 Å². The highest BCUT2D eigenvalue weighted by Gasteiger charge is 2.25. The van der Waals surface area contributed by atoms with Gasteiger partial charge in [-0.3, -0.25) is 14.4 Å². The van der Waals surface area contributed by atoms with Gasteiger partial charge in [0.05, 0.1) is 21.3 Å². The summed E-state index contributed by atoms with van der Waals surface area (Å²) in [6.07, 6.45) is 4.29. The lowest BCUT2D eigenvalue weighted by molar-refractivity contribution is -0.129. The summed E-state index contributed by atoms with van der Waals surface area (Å²) in [5.74, 6) is -0.340. The normalized spacial score (nSPS) is 12.9. The standard InChI is InChI=1S/C30H39N5O3S/c1-5-27(36)34-25(18-29-35-24-14-13-22(20(2)3)17-26(24)39-29)30(38)33-23(16-21-10-7-6-8-11-21)19-32-28(37)12-9-15-31-4/h6-14,17,20,23,25,31H,5,15-16,18-19H2,1-4H3,(H,32,37)(H,33,38)(H,34,36)/b12-9+/t23-,25-/m0/s1. The zero-order valence-electron chi connectivity index (χ0n) is 23.1. The lowest BCUT2D eigenvalue weighted by Crippen LogP contribution is -2.53. The summed E-state index contributed by atoms with van der Waals surface area (Å²) in [7, 11) is 1.80. The van der Waals surface area contributed by atoms with Crippen LogP contribution in [0.15, 0.2) is 60.7 Å². The van der Waals surface area contributed by atoms with Gasteiger partial charge in [-0.15, -0.1) is 11.3 Å². The lowest BCUT2D eigenvalue weighted by atomic mass is 10.0. The first-order valence-electron chi connectivity index (χ1n) is 13.4. The average Bonchev–Trinajstić information content (AvgIpc) is 3.33. The maximum Gasteiger partial charge on any atom is 0.243 e. The maximum atomic E-state index is 13.5. The molecule has 0 saturated heterocycles. The molecule has 39 heavy (non-hydrogen) atoms. The lowest BCUT2D eigenvalue weighted by Gasteiger charge is -2.23. The smallest absolute Gasteiger partial charge is 0.243 e. The van der Waals surface area contributed by atoms with E-state index in [0.29, 0.717) is 18.9 Å². The van der Waals surface area contributed by atoms with E-state index in [1.54, 1.807) is 31.4 Å². The number of amides is 3. The Labute approximate surface area is 234 Å². The molecule has 3 amide bonds. The molecule has 2 atom stereocenters. The van der Waals surface area contributed by atoms with Crippen LogP contribution in [-0.4, -0.2) is 54.9 Å². The van der Waals surface area contributed by atoms with Crippen LogP contribution in [-0.2, 0) is 27.2 Å². The molecule has 1 heterocycles. The summed E-state index contributed by atoms with van der Waals surface area (Å²) < 4.78 is 1.06. The van der Waals surface area contributed by atoms with Crippen LogP contribution in [0, 0.1) is 0 Å². The molecule has 3 aromatic rings. The molecule has 3 rings (SSSR count). The van der Waals surface area contributed by atoms with Gasteiger partial charge >= 0.3 is 0 Å². The second kappa shape index (κ2) is 15.1. The Morgan fingerprint density at radius 1 is 1.03 bits per heavy atom. The van der Waals surface area contributed by atoms with E-state index in [0.717, 1.165) is 20.8 Å². The molecule has 0 aliphatic rings. The first-order chi connectivity index (χ1) is 18.8. The van der Waals surface area contributed by atoms with Crippen molar-refractivity contribution in [2.45, 2.75) is 58.0 Å². The van der Waals surface area contributed by atoms with Gasteiger partial charge < -0.3 is 21.3 Å². The van der Waals surface area contributed by atoms with Gasteiger partial charge in [0.1, 0.15) is 6.04 Å². The summed E-state index contributed by atoms with van der Waals surface area (Å²) in [5, 5.41) is 12.5. The molecular formula is C30H39N5O3S. The summed E-state index contributed by atoms with van der Waals surface area (Å²) in [4.78, 5) is 42.9. The van der Waals surface area contributed by atoms with Gasteiger partial charge in [-0.25, -0.2) is 4.98 Å². The first-order valence-corrected chi connectivity index (χ1v) is 14.2. The minimum absolute atomic E-state index is 0.207. The summed E-state index contributed by atoms with van der Waals surface area (Å²) >= 11 is 1.54. The molecule has 0 saturated carbocycles. The predicted octanol–water partition coefficient (Wildman–Crippen LogP) is 3.48. The molecule has 1 aromatic heterocycles. The van der Waals surface area contributed by atoms with Crippen LogP contribution in [0.1, 0.15) is 49.2 Å². The van der Waals surface area contributed by atoms with Crippen molar-refractivity contribution >= 4 is 39.3 Å². The van der Waals surface area contributed by atoms with Gasteiger partial charge in [-0.05, 0) is 42.6 Å². The second-order valence-corrected chi connectivity index (χ2v) is 10.9. The van der Waals surface area contributed by atoms with Gasteiger partial charge in [-0.1, -0.05) is 63.2 Å². The van der Waals surface area contributed by atoms with E-state index in [4.69, 9.17) is 4.98 Å². The largest absolute Gasteiger partial charge is 0.350 e. The fraction of sp³-hybridized carbons (Fsp3) is 0.400. The van der Waals surface area contributed by atoms with Crippen molar-refractivity contribution in [3.8, 4) is 0 Å². The Morgan fingerprint density at radius 2 is 1.79 bits per heavy atom. The topological polar surface area (TPSA) is 112 Å². The van der Waals surface area contributed by atoms with E-state index in [9.17, 15) is 14.4 Å². The molecule has 208 valence electrons. The highest BCUT2D eigenvalue weighted by atomic mass is 32.1. The van der Waals surface area contributed by atoms with E-state index in [1.807, 2.05) is 36.4 Å². The average molecular weight is 550 g/mol. The van der Waals surface area contributed by atoms with Crippen molar-refractivity contribution in [3.05, 3.63) is 76.8 Å². The first kappa shape index (κ1) is 30.0. The third kappa shape index (κ3) is 9.60. The Hall–Kier alpha value is -3.56. The number of nitrogens with one attached hydrogen (secondary N) is 4. The minimum Gasteiger partial charge on any atom is -0.350 e. The van der Waals surface area contributed by atoms with Crippen molar-refractivity contribution in [3.63, 3.8) is 0 Å². The van der Waals surface area contributed by atoms with Gasteiger partial charge in [0.25, 0.3) is 0 Å². The van der Waals surface area contributed by atoms with Crippen molar-refractivity contribution in [1.82, 2.24) is 26.3 Å². The van der Waals surface area contributed by atoms with E-state index in [1.165, 1.54) is 11.6 Å². The molecule has 0 radical (unpaired) electrons. The Kier molecular flexibility index (Phi) is 11.6. The second-order valence-electron chi connectivity index (χ2n) is 9.77. The van der Waals surface area contributed by atoms with E-state index < -0.39 is 6.04 Å². The van der Waals surface area contributed by atoms with Crippen LogP contribution >= 0.6 is 11.3 Å². The van der Waals surface area contributed by atoms with Gasteiger partial charge in [-0.2, -0.15) is 0 Å². The number of carbonyl (C=O) groups excluding carboxylic acids is 3. The number of carbonyl (C=O) groups is 3. The fourth-order valence-corrected chi connectivity index (χ4v) is 5.12. The third-order valence-electron chi connectivity index (χ3n) is 6.26. The number of hydrogen-bond acceptors (Lipinski definition) is 6. The molecule has 2 aromatic carbocycles. The summed E-state index contributed by atoms with van der Waals surface area (Å²) in [6, 6.07) is 14.9. The Balaban J connectivity index is 1.77. The van der Waals surface area contributed by atoms with Gasteiger partial charge in [0.15, 0.2) is 0 Å². The number of benzene rings is 2. The zero-order valence-corrected chi connectivity index (χ0v) is 23.9. The molecule has 0 aliphatic heterocycles. The van der Waals surface area contributed by atoms with Crippen molar-refractivity contribution in [1.29, 1.82) is 0 Å². The molecular weight excluding hydrogens is 510 g/mol. The molecule has 0 bridgehead atoms. The monoisotopic (exact) mass is 549 g/mol. The highest BCUT2D eigenvalue weighted by molar-refractivity contribution is 7.18. The molecule has 0 aliphatic carbocycles. The molecule has 0 unspecified atom stereocenters. The maximum absolute atomic E-state index is 13.5. The Bertz CT molecular complexity index is 1270. The number of fused-ring (bicyclic) bond motifs is 1. The molecule has 8 nitrogen and oxygen atoms in total. The summed E-state index contributed by atoms with van der Waals surface area (Å²) in [5.41, 5.74) is 3.15. The molecule has 4 N–H and O–H groups in total. The van der Waals surface area contributed by atoms with Crippen LogP contribution in [0.3, 0.4) is 0 Å². The number of rotatable bonds is 14. The Morgan fingerprint density at radius 3 is 2.49 bits per heavy atom. The van der Waals surface area contributed by atoms with Crippen LogP contribution in [0.4, 0.5) is 0 Å². The number of aromatic nitrogens is 1. The van der Waals surface area contributed by atoms with Crippen molar-refractivity contribution < 1.29 is 14.4 Å². The van der Waals surface area contributed by atoms with E-state index >= 15 is 0 Å². The van der Waals surface area contributed by atoms with Crippen LogP contribution in [0.5, 0.6) is 0 Å². The van der Waals surface area contributed by atoms with Crippen LogP contribution in [0.25, 0.3) is 10.2 Å². The third-order valence-corrected chi connectivity index (χ3v) is 7.30. The van der Waals surface area contributed by atoms with Crippen LogP contribution < -0.4 is 21.3 Å². The number of hydrogen-bond donors (Lipinski definition) is 4. The number of nitrogens with zero attached hydrogens (tertiary/aromatic N) is 1. The molecule has 0 spiro atoms. The van der Waals surface area contributed by atoms with E-state index in [-0.39, 0.29) is 43.1 Å². The number of likely N-dealkylation sites (N-methyl/N-ethyl adjacent to an activating group) is 1. The SMILES string of the molecule is CCC(=O)N[C@@H](Cc1nc2ccc(C(C)C)cc2s1)C(=O)N[C@H](CNC(=O)/C=C/CNC)Cc1ccccc1. The number of thiazole rings is 1. The van der Waals surface area contributed by atoms with Crippen molar-refractivity contribution in [2.75, 3.05) is 20.1 Å². The van der Waals surface area contributed by atoms with Crippen molar-refractivity contribution in [2.24, 2.45) is 0 Å². The molecule has 0 fully saturated rings. The zero-order chi connectivity index (χ0) is 28.2. The summed E-state index contributed by atoms with van der Waals surface area (Å²) in [6.45, 7) is 6.89. The quantitative estimate of drug-likeness (QED) is 0.230. The van der Waals surface area contributed by atoms with Gasteiger partial charge in [0, 0.05) is 32.0 Å². The predicted molar refractivity (Wildman–Crippen MR) is 158 cm³/mol. The highest BCUT2D eigenvalue weighted by Crippen LogP contribution is 2.27.